The molecule has 4 heteroatoms. The average molecular weight is 697 g/mol. The molecule has 2 saturated heterocycles. The predicted molar refractivity (Wildman–Crippen MR) is 217 cm³/mol. The molecular weight excluding hydrogens is 637 g/mol. The van der Waals surface area contributed by atoms with Crippen LogP contribution in [0.25, 0.3) is 22.3 Å². The summed E-state index contributed by atoms with van der Waals surface area (Å²) in [6.45, 7) is 23.1. The maximum absolute atomic E-state index is 13.7. The number of amides is 2. The summed E-state index contributed by atoms with van der Waals surface area (Å²) in [5, 5.41) is 0. The standard InChI is InChI=1S/C48H60N2O2/c1-30(22-39-14-18-49(19-15-39)47(51)41-12-10-31(2)45(28-41)43-24-33(4)37(8)34(5)25-43)23-40-16-20-50(21-17-40)48(52)42-13-11-32(3)46(29-42)44-26-35(6)38(9)36(7)27-44/h10-13,24-30,39-40H,14-23H2,1-9H3. The van der Waals surface area contributed by atoms with Gasteiger partial charge in [-0.1, -0.05) is 43.3 Å². The highest BCUT2D eigenvalue weighted by Gasteiger charge is 2.28. The van der Waals surface area contributed by atoms with Gasteiger partial charge in [-0.2, -0.15) is 0 Å². The van der Waals surface area contributed by atoms with Crippen molar-refractivity contribution in [3.63, 3.8) is 0 Å². The number of piperidine rings is 2. The van der Waals surface area contributed by atoms with Gasteiger partial charge < -0.3 is 9.80 Å². The van der Waals surface area contributed by atoms with Gasteiger partial charge in [-0.15, -0.1) is 0 Å². The molecule has 0 spiro atoms. The molecule has 0 bridgehead atoms. The van der Waals surface area contributed by atoms with Crippen LogP contribution in [0.3, 0.4) is 0 Å². The Bertz CT molecular complexity index is 1770. The fraction of sp³-hybridized carbons (Fsp3) is 0.458. The highest BCUT2D eigenvalue weighted by molar-refractivity contribution is 5.96. The molecule has 2 heterocycles. The van der Waals surface area contributed by atoms with Crippen molar-refractivity contribution in [2.45, 2.75) is 101 Å². The molecule has 2 aliphatic heterocycles. The van der Waals surface area contributed by atoms with E-state index in [9.17, 15) is 9.59 Å². The molecule has 52 heavy (non-hydrogen) atoms. The summed E-state index contributed by atoms with van der Waals surface area (Å²) < 4.78 is 0. The Kier molecular flexibility index (Phi) is 11.4. The zero-order chi connectivity index (χ0) is 37.3. The summed E-state index contributed by atoms with van der Waals surface area (Å²) in [4.78, 5) is 31.5. The molecule has 4 aromatic rings. The third kappa shape index (κ3) is 8.22. The van der Waals surface area contributed by atoms with Gasteiger partial charge in [-0.25, -0.2) is 0 Å². The molecule has 0 N–H and O–H groups in total. The summed E-state index contributed by atoms with van der Waals surface area (Å²) in [6, 6.07) is 21.5. The Labute approximate surface area is 313 Å². The third-order valence-electron chi connectivity index (χ3n) is 12.7. The average Bonchev–Trinajstić information content (AvgIpc) is 3.13. The number of rotatable bonds is 8. The van der Waals surface area contributed by atoms with Crippen molar-refractivity contribution in [2.24, 2.45) is 17.8 Å². The number of hydrogen-bond donors (Lipinski definition) is 0. The number of aryl methyl sites for hydroxylation is 6. The van der Waals surface area contributed by atoms with Crippen LogP contribution >= 0.6 is 0 Å². The fourth-order valence-electron chi connectivity index (χ4n) is 8.86. The first-order valence-electron chi connectivity index (χ1n) is 19.7. The van der Waals surface area contributed by atoms with E-state index in [1.807, 2.05) is 12.1 Å². The van der Waals surface area contributed by atoms with Crippen LogP contribution in [-0.4, -0.2) is 47.8 Å². The van der Waals surface area contributed by atoms with E-state index in [4.69, 9.17) is 0 Å². The molecule has 0 saturated carbocycles. The molecular formula is C48H60N2O2. The normalized spacial score (nSPS) is 15.8. The molecule has 4 nitrogen and oxygen atoms in total. The first-order chi connectivity index (χ1) is 24.8. The van der Waals surface area contributed by atoms with Gasteiger partial charge in [0.05, 0.1) is 0 Å². The first-order valence-corrected chi connectivity index (χ1v) is 19.7. The summed E-state index contributed by atoms with van der Waals surface area (Å²) in [7, 11) is 0. The molecule has 2 fully saturated rings. The Morgan fingerprint density at radius 1 is 0.519 bits per heavy atom. The summed E-state index contributed by atoms with van der Waals surface area (Å²) in [5.74, 6) is 2.32. The van der Waals surface area contributed by atoms with Gasteiger partial charge in [0.25, 0.3) is 11.8 Å². The van der Waals surface area contributed by atoms with E-state index >= 15 is 0 Å². The van der Waals surface area contributed by atoms with Crippen LogP contribution in [-0.2, 0) is 0 Å². The molecule has 2 amide bonds. The van der Waals surface area contributed by atoms with Crippen molar-refractivity contribution in [3.05, 3.63) is 116 Å². The second-order valence-corrected chi connectivity index (χ2v) is 16.6. The van der Waals surface area contributed by atoms with Crippen molar-refractivity contribution >= 4 is 11.8 Å². The molecule has 0 atom stereocenters. The van der Waals surface area contributed by atoms with E-state index < -0.39 is 0 Å². The van der Waals surface area contributed by atoms with Crippen molar-refractivity contribution in [2.75, 3.05) is 26.2 Å². The topological polar surface area (TPSA) is 40.6 Å². The quantitative estimate of drug-likeness (QED) is 0.184. The Hall–Kier alpha value is -4.18. The van der Waals surface area contributed by atoms with Crippen LogP contribution < -0.4 is 0 Å². The maximum atomic E-state index is 13.7. The van der Waals surface area contributed by atoms with Crippen LogP contribution in [0.2, 0.25) is 0 Å². The van der Waals surface area contributed by atoms with Crippen LogP contribution in [0.1, 0.15) is 111 Å². The van der Waals surface area contributed by atoms with Gasteiger partial charge in [0, 0.05) is 37.3 Å². The van der Waals surface area contributed by atoms with Crippen LogP contribution in [0, 0.1) is 73.1 Å². The van der Waals surface area contributed by atoms with Crippen LogP contribution in [0.4, 0.5) is 0 Å². The molecule has 0 unspecified atom stereocenters. The van der Waals surface area contributed by atoms with Crippen molar-refractivity contribution in [3.8, 4) is 22.3 Å². The number of likely N-dealkylation sites (tertiary alicyclic amines) is 2. The predicted octanol–water partition coefficient (Wildman–Crippen LogP) is 11.3. The van der Waals surface area contributed by atoms with Crippen LogP contribution in [0.5, 0.6) is 0 Å². The van der Waals surface area contributed by atoms with Gasteiger partial charge >= 0.3 is 0 Å². The minimum Gasteiger partial charge on any atom is -0.339 e. The van der Waals surface area contributed by atoms with Crippen molar-refractivity contribution < 1.29 is 9.59 Å². The van der Waals surface area contributed by atoms with Crippen molar-refractivity contribution in [1.82, 2.24) is 9.80 Å². The second kappa shape index (κ2) is 15.8. The van der Waals surface area contributed by atoms with Gasteiger partial charge in [0.1, 0.15) is 0 Å². The lowest BCUT2D eigenvalue weighted by Crippen LogP contribution is -2.39. The van der Waals surface area contributed by atoms with E-state index in [0.717, 1.165) is 74.1 Å². The van der Waals surface area contributed by atoms with Crippen molar-refractivity contribution in [1.29, 1.82) is 0 Å². The lowest BCUT2D eigenvalue weighted by Gasteiger charge is -2.35. The zero-order valence-corrected chi connectivity index (χ0v) is 33.3. The number of carbonyl (C=O) groups excluding carboxylic acids is 2. The van der Waals surface area contributed by atoms with E-state index in [2.05, 4.69) is 121 Å². The van der Waals surface area contributed by atoms with E-state index in [1.54, 1.807) is 0 Å². The smallest absolute Gasteiger partial charge is 0.253 e. The Balaban J connectivity index is 0.977. The molecule has 6 rings (SSSR count). The lowest BCUT2D eigenvalue weighted by molar-refractivity contribution is 0.0665. The largest absolute Gasteiger partial charge is 0.339 e. The summed E-state index contributed by atoms with van der Waals surface area (Å²) in [5.41, 5.74) is 16.5. The van der Waals surface area contributed by atoms with Gasteiger partial charge in [-0.3, -0.25) is 9.59 Å². The molecule has 4 aromatic carbocycles. The molecule has 0 radical (unpaired) electrons. The van der Waals surface area contributed by atoms with Gasteiger partial charge in [0.15, 0.2) is 0 Å². The maximum Gasteiger partial charge on any atom is 0.253 e. The Morgan fingerprint density at radius 3 is 1.17 bits per heavy atom. The van der Waals surface area contributed by atoms with Crippen LogP contribution in [0.15, 0.2) is 60.7 Å². The highest BCUT2D eigenvalue weighted by Crippen LogP contribution is 2.34. The minimum atomic E-state index is 0.164. The number of benzene rings is 4. The van der Waals surface area contributed by atoms with E-state index in [1.165, 1.54) is 68.5 Å². The van der Waals surface area contributed by atoms with E-state index in [-0.39, 0.29) is 11.8 Å². The van der Waals surface area contributed by atoms with Gasteiger partial charge in [0.2, 0.25) is 0 Å². The fourth-order valence-corrected chi connectivity index (χ4v) is 8.86. The summed E-state index contributed by atoms with van der Waals surface area (Å²) in [6.07, 6.45) is 6.78. The SMILES string of the molecule is Cc1ccc(C(=O)N2CCC(CC(C)CC3CCN(C(=O)c4ccc(C)c(-c5cc(C)c(C)c(C)c5)c4)CC3)CC2)cc1-c1cc(C)c(C)c(C)c1. The number of nitrogens with zero attached hydrogens (tertiary/aromatic N) is 2. The summed E-state index contributed by atoms with van der Waals surface area (Å²) >= 11 is 0. The second-order valence-electron chi connectivity index (χ2n) is 16.6. The van der Waals surface area contributed by atoms with E-state index in [0.29, 0.717) is 17.8 Å². The Morgan fingerprint density at radius 2 is 0.846 bits per heavy atom. The molecule has 0 aromatic heterocycles. The zero-order valence-electron chi connectivity index (χ0n) is 33.3. The number of carbonyl (C=O) groups is 2. The monoisotopic (exact) mass is 696 g/mol. The highest BCUT2D eigenvalue weighted by atomic mass is 16.2. The molecule has 0 aliphatic carbocycles. The lowest BCUT2D eigenvalue weighted by atomic mass is 9.81. The van der Waals surface area contributed by atoms with Gasteiger partial charge in [-0.05, 0) is 203 Å². The number of hydrogen-bond acceptors (Lipinski definition) is 2. The molecule has 274 valence electrons. The minimum absolute atomic E-state index is 0.164. The molecule has 2 aliphatic rings. The third-order valence-corrected chi connectivity index (χ3v) is 12.7. The first kappa shape index (κ1) is 37.6.